The van der Waals surface area contributed by atoms with E-state index in [-0.39, 0.29) is 0 Å². The first-order valence-corrected chi connectivity index (χ1v) is 11.7. The molecule has 168 valence electrons. The summed E-state index contributed by atoms with van der Waals surface area (Å²) in [6.45, 7) is 4.72. The van der Waals surface area contributed by atoms with E-state index in [2.05, 4.69) is 37.4 Å². The molecule has 5 rings (SSSR count). The Balaban J connectivity index is 1.31. The van der Waals surface area contributed by atoms with Crippen LogP contribution in [-0.2, 0) is 6.54 Å². The second-order valence-electron chi connectivity index (χ2n) is 8.41. The Morgan fingerprint density at radius 2 is 1.97 bits per heavy atom. The SMILES string of the molecule is CCCn1nc(N[C@H]2[C@@H]3CC[C@H]2CN(c2cnnc(Cl)c2)C3)nc1Oc1cccc(Cl)c1. The van der Waals surface area contributed by atoms with E-state index in [1.54, 1.807) is 12.3 Å². The summed E-state index contributed by atoms with van der Waals surface area (Å²) < 4.78 is 7.81. The van der Waals surface area contributed by atoms with Crippen molar-refractivity contribution >= 4 is 34.8 Å². The Morgan fingerprint density at radius 1 is 1.16 bits per heavy atom. The van der Waals surface area contributed by atoms with E-state index in [9.17, 15) is 0 Å². The molecule has 0 radical (unpaired) electrons. The molecule has 1 aromatic carbocycles. The first kappa shape index (κ1) is 21.3. The molecule has 0 unspecified atom stereocenters. The van der Waals surface area contributed by atoms with E-state index in [0.717, 1.165) is 31.7 Å². The van der Waals surface area contributed by atoms with Gasteiger partial charge in [0.05, 0.1) is 11.9 Å². The van der Waals surface area contributed by atoms with Gasteiger partial charge in [0.15, 0.2) is 5.15 Å². The summed E-state index contributed by atoms with van der Waals surface area (Å²) >= 11 is 12.1. The Labute approximate surface area is 196 Å². The molecule has 1 aliphatic heterocycles. The minimum absolute atomic E-state index is 0.327. The molecule has 3 aromatic rings. The quantitative estimate of drug-likeness (QED) is 0.522. The first-order valence-electron chi connectivity index (χ1n) is 11.0. The fourth-order valence-electron chi connectivity index (χ4n) is 4.78. The highest BCUT2D eigenvalue weighted by atomic mass is 35.5. The minimum atomic E-state index is 0.327. The Hall–Kier alpha value is -2.58. The van der Waals surface area contributed by atoms with Gasteiger partial charge in [-0.1, -0.05) is 36.2 Å². The fraction of sp³-hybridized carbons (Fsp3) is 0.455. The van der Waals surface area contributed by atoms with Gasteiger partial charge in [-0.05, 0) is 49.3 Å². The van der Waals surface area contributed by atoms with E-state index in [1.807, 2.05) is 28.9 Å². The van der Waals surface area contributed by atoms with Gasteiger partial charge in [0, 0.05) is 36.8 Å². The molecule has 2 bridgehead atoms. The van der Waals surface area contributed by atoms with Gasteiger partial charge in [-0.3, -0.25) is 0 Å². The number of ether oxygens (including phenoxy) is 1. The van der Waals surface area contributed by atoms with Crippen molar-refractivity contribution in [3.05, 3.63) is 46.7 Å². The fourth-order valence-corrected chi connectivity index (χ4v) is 5.12. The number of nitrogens with one attached hydrogen (secondary N) is 1. The third-order valence-corrected chi connectivity index (χ3v) is 6.60. The van der Waals surface area contributed by atoms with Crippen LogP contribution in [0.25, 0.3) is 0 Å². The van der Waals surface area contributed by atoms with Crippen LogP contribution in [0.4, 0.5) is 11.6 Å². The monoisotopic (exact) mass is 473 g/mol. The largest absolute Gasteiger partial charge is 0.424 e. The van der Waals surface area contributed by atoms with E-state index < -0.39 is 0 Å². The van der Waals surface area contributed by atoms with Crippen molar-refractivity contribution in [3.63, 3.8) is 0 Å². The smallest absolute Gasteiger partial charge is 0.322 e. The maximum Gasteiger partial charge on any atom is 0.322 e. The van der Waals surface area contributed by atoms with Gasteiger partial charge in [0.1, 0.15) is 5.75 Å². The molecule has 8 nitrogen and oxygen atoms in total. The van der Waals surface area contributed by atoms with E-state index in [1.165, 1.54) is 12.8 Å². The van der Waals surface area contributed by atoms with Crippen LogP contribution >= 0.6 is 23.2 Å². The molecule has 2 aliphatic rings. The summed E-state index contributed by atoms with van der Waals surface area (Å²) in [7, 11) is 0. The lowest BCUT2D eigenvalue weighted by molar-refractivity contribution is 0.376. The zero-order valence-corrected chi connectivity index (χ0v) is 19.3. The normalized spacial score (nSPS) is 22.2. The predicted octanol–water partition coefficient (Wildman–Crippen LogP) is 4.90. The highest BCUT2D eigenvalue weighted by Crippen LogP contribution is 2.40. The van der Waals surface area contributed by atoms with Crippen LogP contribution < -0.4 is 15.0 Å². The zero-order chi connectivity index (χ0) is 22.1. The molecular formula is C22H25Cl2N7O. The standard InChI is InChI=1S/C22H25Cl2N7O/c1-2-8-31-22(32-18-5-3-4-16(23)9-18)27-21(29-31)26-20-14-6-7-15(20)13-30(12-14)17-10-19(24)28-25-11-17/h3-5,9-11,14-15,20H,2,6-8,12-13H2,1H3,(H,26,29)/t14-,15+,20+. The van der Waals surface area contributed by atoms with Gasteiger partial charge < -0.3 is 15.0 Å². The van der Waals surface area contributed by atoms with Crippen molar-refractivity contribution in [1.82, 2.24) is 25.0 Å². The Morgan fingerprint density at radius 3 is 2.69 bits per heavy atom. The molecule has 1 saturated heterocycles. The van der Waals surface area contributed by atoms with Crippen molar-refractivity contribution in [2.24, 2.45) is 11.8 Å². The van der Waals surface area contributed by atoms with Crippen LogP contribution in [0.1, 0.15) is 26.2 Å². The van der Waals surface area contributed by atoms with Gasteiger partial charge >= 0.3 is 6.01 Å². The number of aryl methyl sites for hydroxylation is 1. The molecule has 0 amide bonds. The van der Waals surface area contributed by atoms with E-state index in [0.29, 0.717) is 45.8 Å². The zero-order valence-electron chi connectivity index (χ0n) is 17.8. The van der Waals surface area contributed by atoms with Gasteiger partial charge in [0.2, 0.25) is 5.95 Å². The van der Waals surface area contributed by atoms with Gasteiger partial charge in [-0.25, -0.2) is 4.68 Å². The minimum Gasteiger partial charge on any atom is -0.424 e. The van der Waals surface area contributed by atoms with Gasteiger partial charge in [-0.15, -0.1) is 10.2 Å². The molecule has 1 aliphatic carbocycles. The summed E-state index contributed by atoms with van der Waals surface area (Å²) in [6.07, 6.45) is 5.06. The highest BCUT2D eigenvalue weighted by Gasteiger charge is 2.42. The lowest BCUT2D eigenvalue weighted by Crippen LogP contribution is -2.48. The number of aromatic nitrogens is 5. The second kappa shape index (κ2) is 9.11. The second-order valence-corrected chi connectivity index (χ2v) is 9.23. The van der Waals surface area contributed by atoms with Gasteiger partial charge in [0.25, 0.3) is 0 Å². The lowest BCUT2D eigenvalue weighted by Gasteiger charge is -2.39. The third-order valence-electron chi connectivity index (χ3n) is 6.18. The summed E-state index contributed by atoms with van der Waals surface area (Å²) in [4.78, 5) is 7.02. The molecule has 0 spiro atoms. The summed E-state index contributed by atoms with van der Waals surface area (Å²) in [6, 6.07) is 9.99. The van der Waals surface area contributed by atoms with Crippen LogP contribution in [0.15, 0.2) is 36.5 Å². The van der Waals surface area contributed by atoms with Crippen molar-refractivity contribution in [3.8, 4) is 11.8 Å². The average molecular weight is 474 g/mol. The van der Waals surface area contributed by atoms with Crippen LogP contribution in [0.2, 0.25) is 10.2 Å². The van der Waals surface area contributed by atoms with Gasteiger partial charge in [-0.2, -0.15) is 10.1 Å². The Bertz CT molecular complexity index is 1080. The molecular weight excluding hydrogens is 449 g/mol. The van der Waals surface area contributed by atoms with Crippen molar-refractivity contribution in [2.75, 3.05) is 23.3 Å². The molecule has 1 saturated carbocycles. The molecule has 2 fully saturated rings. The third kappa shape index (κ3) is 4.47. The highest BCUT2D eigenvalue weighted by molar-refractivity contribution is 6.30. The summed E-state index contributed by atoms with van der Waals surface area (Å²) in [5.41, 5.74) is 1.03. The van der Waals surface area contributed by atoms with Crippen LogP contribution in [0, 0.1) is 11.8 Å². The molecule has 10 heteroatoms. The van der Waals surface area contributed by atoms with Crippen LogP contribution in [0.5, 0.6) is 11.8 Å². The molecule has 32 heavy (non-hydrogen) atoms. The van der Waals surface area contributed by atoms with Crippen LogP contribution in [-0.4, -0.2) is 44.1 Å². The Kier molecular flexibility index (Phi) is 6.06. The number of hydrogen-bond donors (Lipinski definition) is 1. The molecule has 3 atom stereocenters. The maximum absolute atomic E-state index is 6.10. The maximum atomic E-state index is 6.10. The topological polar surface area (TPSA) is 81.0 Å². The molecule has 1 N–H and O–H groups in total. The number of piperidine rings is 1. The number of nitrogens with zero attached hydrogens (tertiary/aromatic N) is 6. The first-order chi connectivity index (χ1) is 15.6. The molecule has 2 aromatic heterocycles. The average Bonchev–Trinajstić information content (AvgIpc) is 3.23. The van der Waals surface area contributed by atoms with Crippen molar-refractivity contribution in [2.45, 2.75) is 38.8 Å². The number of fused-ring (bicyclic) bond motifs is 2. The molecule has 3 heterocycles. The summed E-state index contributed by atoms with van der Waals surface area (Å²) in [5, 5.41) is 17.2. The number of benzene rings is 1. The number of hydrogen-bond acceptors (Lipinski definition) is 7. The number of anilines is 2. The lowest BCUT2D eigenvalue weighted by atomic mass is 9.92. The van der Waals surface area contributed by atoms with Crippen LogP contribution in [0.3, 0.4) is 0 Å². The van der Waals surface area contributed by atoms with E-state index in [4.69, 9.17) is 27.9 Å². The van der Waals surface area contributed by atoms with Crippen molar-refractivity contribution < 1.29 is 4.74 Å². The summed E-state index contributed by atoms with van der Waals surface area (Å²) in [5.74, 6) is 2.25. The number of halogens is 2. The predicted molar refractivity (Wildman–Crippen MR) is 125 cm³/mol. The number of rotatable bonds is 7. The van der Waals surface area contributed by atoms with E-state index >= 15 is 0 Å². The van der Waals surface area contributed by atoms with Crippen molar-refractivity contribution in [1.29, 1.82) is 0 Å².